The fourth-order valence-electron chi connectivity index (χ4n) is 2.24. The molecule has 0 aliphatic rings. The molecule has 2 rings (SSSR count). The van der Waals surface area contributed by atoms with E-state index in [4.69, 9.17) is 0 Å². The van der Waals surface area contributed by atoms with Crippen molar-refractivity contribution in [3.63, 3.8) is 0 Å². The number of aliphatic hydroxyl groups is 1. The van der Waals surface area contributed by atoms with Crippen LogP contribution in [0.5, 0.6) is 0 Å². The summed E-state index contributed by atoms with van der Waals surface area (Å²) >= 11 is 3.34. The van der Waals surface area contributed by atoms with Crippen LogP contribution in [-0.4, -0.2) is 24.4 Å². The summed E-state index contributed by atoms with van der Waals surface area (Å²) in [4.78, 5) is 0.201. The van der Waals surface area contributed by atoms with Gasteiger partial charge in [0.25, 0.3) is 10.0 Å². The highest BCUT2D eigenvalue weighted by molar-refractivity contribution is 9.10. The first-order valence-electron chi connectivity index (χ1n) is 8.38. The lowest BCUT2D eigenvalue weighted by molar-refractivity contribution is 0.238. The Labute approximate surface area is 164 Å². The lowest BCUT2D eigenvalue weighted by Crippen LogP contribution is -2.27. The van der Waals surface area contributed by atoms with Gasteiger partial charge in [-0.15, -0.1) is 0 Å². The van der Waals surface area contributed by atoms with E-state index in [9.17, 15) is 13.5 Å². The second-order valence-electron chi connectivity index (χ2n) is 5.95. The van der Waals surface area contributed by atoms with Gasteiger partial charge >= 0.3 is 0 Å². The van der Waals surface area contributed by atoms with Gasteiger partial charge in [-0.25, -0.2) is 12.7 Å². The molecule has 2 aromatic carbocycles. The molecule has 0 spiro atoms. The van der Waals surface area contributed by atoms with Crippen molar-refractivity contribution in [1.29, 1.82) is 0 Å². The van der Waals surface area contributed by atoms with Crippen LogP contribution < -0.4 is 0 Å². The summed E-state index contributed by atoms with van der Waals surface area (Å²) in [5.74, 6) is 2.65. The van der Waals surface area contributed by atoms with Crippen LogP contribution in [0.3, 0.4) is 0 Å². The maximum Gasteiger partial charge on any atom is 0.270 e. The Morgan fingerprint density at radius 1 is 1.12 bits per heavy atom. The number of unbranched alkanes of at least 4 members (excludes halogenated alkanes) is 1. The Kier molecular flexibility index (Phi) is 7.27. The second kappa shape index (κ2) is 9.22. The summed E-state index contributed by atoms with van der Waals surface area (Å²) in [6, 6.07) is 16.4. The fourth-order valence-corrected chi connectivity index (χ4v) is 3.78. The Morgan fingerprint density at radius 3 is 2.31 bits per heavy atom. The molecule has 1 N–H and O–H groups in total. The van der Waals surface area contributed by atoms with Gasteiger partial charge in [-0.05, 0) is 49.1 Å². The Morgan fingerprint density at radius 2 is 1.73 bits per heavy atom. The molecule has 4 nitrogen and oxygen atoms in total. The predicted molar refractivity (Wildman–Crippen MR) is 107 cm³/mol. The van der Waals surface area contributed by atoms with E-state index in [2.05, 4.69) is 27.9 Å². The van der Waals surface area contributed by atoms with Crippen LogP contribution in [0.4, 0.5) is 0 Å². The largest absolute Gasteiger partial charge is 0.376 e. The molecule has 1 atom stereocenters. The van der Waals surface area contributed by atoms with Crippen LogP contribution in [0, 0.1) is 18.9 Å². The van der Waals surface area contributed by atoms with Crippen LogP contribution in [-0.2, 0) is 10.0 Å². The molecule has 0 fully saturated rings. The molecular weight excluding hydrogens is 414 g/mol. The average Bonchev–Trinajstić information content (AvgIpc) is 2.62. The Hall–Kier alpha value is -1.81. The highest BCUT2D eigenvalue weighted by Gasteiger charge is 2.21. The third kappa shape index (κ3) is 5.34. The van der Waals surface area contributed by atoms with Gasteiger partial charge in [0, 0.05) is 17.1 Å². The maximum absolute atomic E-state index is 12.9. The van der Waals surface area contributed by atoms with E-state index in [-0.39, 0.29) is 11.4 Å². The van der Waals surface area contributed by atoms with E-state index in [1.807, 2.05) is 13.8 Å². The van der Waals surface area contributed by atoms with Crippen molar-refractivity contribution in [3.05, 3.63) is 64.1 Å². The molecule has 0 heterocycles. The lowest BCUT2D eigenvalue weighted by atomic mass is 10.1. The zero-order chi connectivity index (χ0) is 19.2. The minimum Gasteiger partial charge on any atom is -0.376 e. The number of hydrogen-bond donors (Lipinski definition) is 1. The van der Waals surface area contributed by atoms with E-state index in [0.29, 0.717) is 12.0 Å². The van der Waals surface area contributed by atoms with Crippen molar-refractivity contribution in [2.24, 2.45) is 0 Å². The number of nitrogens with zero attached hydrogens (tertiary/aromatic N) is 1. The molecule has 0 saturated carbocycles. The molecule has 0 aliphatic heterocycles. The van der Waals surface area contributed by atoms with E-state index in [1.54, 1.807) is 48.5 Å². The number of hydrogen-bond acceptors (Lipinski definition) is 3. The highest BCUT2D eigenvalue weighted by atomic mass is 79.9. The molecule has 6 heteroatoms. The summed E-state index contributed by atoms with van der Waals surface area (Å²) in [6.07, 6.45) is 0.478. The third-order valence-electron chi connectivity index (χ3n) is 3.84. The van der Waals surface area contributed by atoms with Crippen molar-refractivity contribution in [3.8, 4) is 12.0 Å². The lowest BCUT2D eigenvalue weighted by Gasteiger charge is -2.18. The standard InChI is InChI=1S/C20H22BrNO3S/c1-3-4-14-22(26(24,25)19-11-5-16(2)6-12-19)15-13-20(23)17-7-9-18(21)10-8-17/h5-12,20,23H,3-4,14H2,1-2H3. The van der Waals surface area contributed by atoms with Crippen molar-refractivity contribution in [2.45, 2.75) is 37.7 Å². The predicted octanol–water partition coefficient (Wildman–Crippen LogP) is 4.24. The summed E-state index contributed by atoms with van der Waals surface area (Å²) in [5, 5.41) is 10.2. The number of aliphatic hydroxyl groups excluding tert-OH is 1. The summed E-state index contributed by atoms with van der Waals surface area (Å²) in [7, 11) is -3.73. The summed E-state index contributed by atoms with van der Waals surface area (Å²) in [5.41, 5.74) is 1.60. The van der Waals surface area contributed by atoms with Crippen molar-refractivity contribution >= 4 is 26.0 Å². The molecule has 0 aromatic heterocycles. The first-order valence-corrected chi connectivity index (χ1v) is 10.6. The van der Waals surface area contributed by atoms with Gasteiger partial charge in [0.2, 0.25) is 0 Å². The maximum atomic E-state index is 12.9. The number of halogens is 1. The number of sulfonamides is 1. The van der Waals surface area contributed by atoms with Crippen molar-refractivity contribution in [1.82, 2.24) is 4.31 Å². The molecule has 0 radical (unpaired) electrons. The molecule has 26 heavy (non-hydrogen) atoms. The van der Waals surface area contributed by atoms with Gasteiger partial charge in [0.1, 0.15) is 6.10 Å². The van der Waals surface area contributed by atoms with E-state index < -0.39 is 16.1 Å². The minimum atomic E-state index is -3.73. The van der Waals surface area contributed by atoms with Crippen molar-refractivity contribution < 1.29 is 13.5 Å². The van der Waals surface area contributed by atoms with Gasteiger partial charge in [-0.1, -0.05) is 59.1 Å². The van der Waals surface area contributed by atoms with Gasteiger partial charge in [-0.2, -0.15) is 0 Å². The van der Waals surface area contributed by atoms with Gasteiger partial charge in [0.05, 0.1) is 4.90 Å². The monoisotopic (exact) mass is 435 g/mol. The SMILES string of the molecule is CCCCN(C#CC(O)c1ccc(Br)cc1)S(=O)(=O)c1ccc(C)cc1. The first kappa shape index (κ1) is 20.5. The second-order valence-corrected chi connectivity index (χ2v) is 8.73. The molecule has 2 aromatic rings. The summed E-state index contributed by atoms with van der Waals surface area (Å²) in [6.45, 7) is 4.17. The van der Waals surface area contributed by atoms with Gasteiger partial charge in [-0.3, -0.25) is 0 Å². The fraction of sp³-hybridized carbons (Fsp3) is 0.300. The minimum absolute atomic E-state index is 0.201. The van der Waals surface area contributed by atoms with E-state index in [0.717, 1.165) is 20.8 Å². The quantitative estimate of drug-likeness (QED) is 0.544. The van der Waals surface area contributed by atoms with E-state index >= 15 is 0 Å². The molecule has 138 valence electrons. The Balaban J connectivity index is 2.30. The first-order chi connectivity index (χ1) is 12.3. The normalized spacial score (nSPS) is 12.2. The van der Waals surface area contributed by atoms with Gasteiger partial charge < -0.3 is 5.11 Å². The smallest absolute Gasteiger partial charge is 0.270 e. The molecular formula is C20H22BrNO3S. The average molecular weight is 436 g/mol. The highest BCUT2D eigenvalue weighted by Crippen LogP contribution is 2.18. The topological polar surface area (TPSA) is 57.6 Å². The third-order valence-corrected chi connectivity index (χ3v) is 6.09. The summed E-state index contributed by atoms with van der Waals surface area (Å²) < 4.78 is 27.8. The van der Waals surface area contributed by atoms with Crippen molar-refractivity contribution in [2.75, 3.05) is 6.54 Å². The molecule has 0 aliphatic carbocycles. The number of aryl methyl sites for hydroxylation is 1. The number of benzene rings is 2. The number of rotatable bonds is 6. The molecule has 0 amide bonds. The van der Waals surface area contributed by atoms with Crippen LogP contribution in [0.15, 0.2) is 57.9 Å². The molecule has 0 bridgehead atoms. The van der Waals surface area contributed by atoms with Crippen LogP contribution in [0.1, 0.15) is 37.0 Å². The van der Waals surface area contributed by atoms with Crippen LogP contribution in [0.25, 0.3) is 0 Å². The van der Waals surface area contributed by atoms with Crippen LogP contribution in [0.2, 0.25) is 0 Å². The zero-order valence-electron chi connectivity index (χ0n) is 14.8. The molecule has 0 saturated heterocycles. The Bertz CT molecular complexity index is 881. The van der Waals surface area contributed by atoms with E-state index in [1.165, 1.54) is 0 Å². The van der Waals surface area contributed by atoms with Crippen LogP contribution >= 0.6 is 15.9 Å². The molecule has 1 unspecified atom stereocenters. The zero-order valence-corrected chi connectivity index (χ0v) is 17.2. The van der Waals surface area contributed by atoms with Gasteiger partial charge in [0.15, 0.2) is 0 Å².